The molecule has 2 N–H and O–H groups in total. The molecule has 142 valence electrons. The van der Waals surface area contributed by atoms with E-state index in [9.17, 15) is 20.0 Å². The van der Waals surface area contributed by atoms with Gasteiger partial charge in [0.2, 0.25) is 0 Å². The number of aryl methyl sites for hydroxylation is 1. The van der Waals surface area contributed by atoms with Crippen molar-refractivity contribution < 1.29 is 14.8 Å². The third-order valence-corrected chi connectivity index (χ3v) is 4.19. The van der Waals surface area contributed by atoms with Crippen molar-refractivity contribution in [2.45, 2.75) is 13.8 Å². The second-order valence-corrected chi connectivity index (χ2v) is 6.01. The van der Waals surface area contributed by atoms with Gasteiger partial charge in [-0.25, -0.2) is 9.78 Å². The lowest BCUT2D eigenvalue weighted by atomic mass is 10.1. The Bertz CT molecular complexity index is 1070. The van der Waals surface area contributed by atoms with E-state index in [-0.39, 0.29) is 11.3 Å². The molecule has 3 aromatic rings. The van der Waals surface area contributed by atoms with Crippen molar-refractivity contribution in [3.8, 4) is 5.69 Å². The monoisotopic (exact) mass is 379 g/mol. The molecular weight excluding hydrogens is 362 g/mol. The molecule has 0 aliphatic rings. The van der Waals surface area contributed by atoms with Crippen molar-refractivity contribution in [1.82, 2.24) is 9.55 Å². The first-order valence-corrected chi connectivity index (χ1v) is 8.29. The van der Waals surface area contributed by atoms with Crippen LogP contribution in [0, 0.1) is 24.0 Å². The molecule has 0 radical (unpaired) electrons. The van der Waals surface area contributed by atoms with E-state index in [2.05, 4.69) is 15.5 Å². The maximum absolute atomic E-state index is 11.5. The molecule has 0 saturated heterocycles. The number of pyridine rings is 1. The van der Waals surface area contributed by atoms with Crippen molar-refractivity contribution in [3.05, 3.63) is 81.3 Å². The first kappa shape index (κ1) is 18.8. The molecule has 3 rings (SSSR count). The zero-order chi connectivity index (χ0) is 20.3. The Morgan fingerprint density at radius 2 is 2.04 bits per heavy atom. The average Bonchev–Trinajstić information content (AvgIpc) is 2.95. The molecule has 0 spiro atoms. The third kappa shape index (κ3) is 3.73. The molecule has 0 aliphatic carbocycles. The molecule has 0 unspecified atom stereocenters. The largest absolute Gasteiger partial charge is 0.478 e. The van der Waals surface area contributed by atoms with Crippen molar-refractivity contribution in [1.29, 1.82) is 0 Å². The fourth-order valence-corrected chi connectivity index (χ4v) is 2.87. The van der Waals surface area contributed by atoms with Crippen molar-refractivity contribution in [2.75, 3.05) is 5.43 Å². The number of anilines is 1. The van der Waals surface area contributed by atoms with Crippen molar-refractivity contribution >= 4 is 23.7 Å². The third-order valence-electron chi connectivity index (χ3n) is 4.19. The Morgan fingerprint density at radius 1 is 1.29 bits per heavy atom. The molecule has 0 amide bonds. The van der Waals surface area contributed by atoms with Gasteiger partial charge in [-0.1, -0.05) is 12.1 Å². The number of hydrogen-bond donors (Lipinski definition) is 2. The van der Waals surface area contributed by atoms with Crippen LogP contribution in [0.15, 0.2) is 53.8 Å². The van der Waals surface area contributed by atoms with Crippen LogP contribution in [-0.2, 0) is 0 Å². The fourth-order valence-electron chi connectivity index (χ4n) is 2.87. The number of hydrazone groups is 1. The minimum atomic E-state index is -0.996. The molecule has 1 aromatic carbocycles. The van der Waals surface area contributed by atoms with Gasteiger partial charge in [-0.15, -0.1) is 0 Å². The van der Waals surface area contributed by atoms with E-state index < -0.39 is 10.9 Å². The first-order chi connectivity index (χ1) is 13.4. The maximum Gasteiger partial charge on any atom is 0.337 e. The number of benzene rings is 1. The topological polar surface area (TPSA) is 123 Å². The number of nitro groups is 1. The van der Waals surface area contributed by atoms with Crippen LogP contribution in [-0.4, -0.2) is 31.8 Å². The van der Waals surface area contributed by atoms with Gasteiger partial charge in [0.05, 0.1) is 22.4 Å². The predicted octanol–water partition coefficient (Wildman–Crippen LogP) is 3.54. The van der Waals surface area contributed by atoms with Gasteiger partial charge in [0.1, 0.15) is 12.0 Å². The number of rotatable bonds is 6. The van der Waals surface area contributed by atoms with Gasteiger partial charge in [-0.05, 0) is 38.1 Å². The van der Waals surface area contributed by atoms with Crippen LogP contribution in [0.5, 0.6) is 0 Å². The van der Waals surface area contributed by atoms with Crippen LogP contribution in [0.4, 0.5) is 11.5 Å². The minimum absolute atomic E-state index is 0.102. The first-order valence-electron chi connectivity index (χ1n) is 8.29. The second-order valence-electron chi connectivity index (χ2n) is 6.01. The van der Waals surface area contributed by atoms with Gasteiger partial charge in [0, 0.05) is 23.0 Å². The normalized spacial score (nSPS) is 10.9. The lowest BCUT2D eigenvalue weighted by Gasteiger charge is -2.12. The number of carboxylic acid groups (broad SMARTS) is 1. The van der Waals surface area contributed by atoms with Crippen LogP contribution < -0.4 is 5.43 Å². The second kappa shape index (κ2) is 7.70. The smallest absolute Gasteiger partial charge is 0.337 e. The van der Waals surface area contributed by atoms with Crippen LogP contribution in [0.3, 0.4) is 0 Å². The molecule has 0 aliphatic heterocycles. The minimum Gasteiger partial charge on any atom is -0.478 e. The van der Waals surface area contributed by atoms with E-state index in [1.54, 1.807) is 30.5 Å². The zero-order valence-electron chi connectivity index (χ0n) is 15.2. The fraction of sp³-hybridized carbons (Fsp3) is 0.105. The highest BCUT2D eigenvalue weighted by atomic mass is 16.6. The summed E-state index contributed by atoms with van der Waals surface area (Å²) in [7, 11) is 0. The van der Waals surface area contributed by atoms with E-state index in [1.807, 2.05) is 24.5 Å². The van der Waals surface area contributed by atoms with E-state index in [0.29, 0.717) is 11.5 Å². The van der Waals surface area contributed by atoms with Gasteiger partial charge in [-0.3, -0.25) is 15.5 Å². The van der Waals surface area contributed by atoms with Crippen molar-refractivity contribution in [3.63, 3.8) is 0 Å². The highest BCUT2D eigenvalue weighted by Crippen LogP contribution is 2.23. The summed E-state index contributed by atoms with van der Waals surface area (Å²) in [5.74, 6) is -0.629. The molecule has 9 heteroatoms. The molecule has 2 aromatic heterocycles. The Balaban J connectivity index is 1.85. The zero-order valence-corrected chi connectivity index (χ0v) is 15.2. The van der Waals surface area contributed by atoms with Crippen LogP contribution in [0.2, 0.25) is 0 Å². The summed E-state index contributed by atoms with van der Waals surface area (Å²) in [5, 5.41) is 24.2. The Labute approximate surface area is 160 Å². The lowest BCUT2D eigenvalue weighted by molar-refractivity contribution is -0.385. The van der Waals surface area contributed by atoms with Gasteiger partial charge in [0.25, 0.3) is 5.69 Å². The quantitative estimate of drug-likeness (QED) is 0.384. The van der Waals surface area contributed by atoms with Gasteiger partial charge < -0.3 is 9.67 Å². The Morgan fingerprint density at radius 3 is 2.68 bits per heavy atom. The molecule has 0 atom stereocenters. The summed E-state index contributed by atoms with van der Waals surface area (Å²) < 4.78 is 1.86. The molecule has 0 saturated carbocycles. The number of carbonyl (C=O) groups is 1. The van der Waals surface area contributed by atoms with Gasteiger partial charge in [-0.2, -0.15) is 5.10 Å². The van der Waals surface area contributed by atoms with E-state index in [0.717, 1.165) is 23.1 Å². The van der Waals surface area contributed by atoms with E-state index >= 15 is 0 Å². The van der Waals surface area contributed by atoms with Crippen LogP contribution >= 0.6 is 0 Å². The number of para-hydroxylation sites is 1. The molecule has 28 heavy (non-hydrogen) atoms. The number of nitrogens with zero attached hydrogens (tertiary/aromatic N) is 4. The highest BCUT2D eigenvalue weighted by Gasteiger charge is 2.15. The van der Waals surface area contributed by atoms with E-state index in [4.69, 9.17) is 0 Å². The predicted molar refractivity (Wildman–Crippen MR) is 104 cm³/mol. The summed E-state index contributed by atoms with van der Waals surface area (Å²) in [6.45, 7) is 3.76. The summed E-state index contributed by atoms with van der Waals surface area (Å²) in [6, 6.07) is 11.5. The molecule has 0 fully saturated rings. The summed E-state index contributed by atoms with van der Waals surface area (Å²) in [5.41, 5.74) is 5.89. The Hall–Kier alpha value is -4.01. The van der Waals surface area contributed by atoms with Gasteiger partial charge >= 0.3 is 5.97 Å². The van der Waals surface area contributed by atoms with Gasteiger partial charge in [0.15, 0.2) is 0 Å². The number of aromatic carboxylic acids is 1. The molecule has 9 nitrogen and oxygen atoms in total. The standard InChI is InChI=1S/C19H17N5O4/c1-12-9-14(10-21-22-18-8-7-15(11-20-18)24(27)28)13(2)23(12)17-6-4-3-5-16(17)19(25)26/h3-11H,1-2H3,(H,20,22)(H,25,26)/b21-10+. The number of hydrogen-bond acceptors (Lipinski definition) is 6. The average molecular weight is 379 g/mol. The highest BCUT2D eigenvalue weighted by molar-refractivity contribution is 5.92. The molecule has 2 heterocycles. The summed E-state index contributed by atoms with van der Waals surface area (Å²) in [6.07, 6.45) is 2.73. The van der Waals surface area contributed by atoms with Crippen LogP contribution in [0.1, 0.15) is 27.3 Å². The maximum atomic E-state index is 11.5. The summed E-state index contributed by atoms with van der Waals surface area (Å²) in [4.78, 5) is 25.6. The molecular formula is C19H17N5O4. The number of carboxylic acids is 1. The van der Waals surface area contributed by atoms with Crippen LogP contribution in [0.25, 0.3) is 5.69 Å². The SMILES string of the molecule is Cc1cc(/C=N/Nc2ccc([N+](=O)[O-])cn2)c(C)n1-c1ccccc1C(=O)O. The van der Waals surface area contributed by atoms with E-state index in [1.165, 1.54) is 12.1 Å². The Kier molecular flexibility index (Phi) is 5.16. The summed E-state index contributed by atoms with van der Waals surface area (Å²) >= 11 is 0. The lowest BCUT2D eigenvalue weighted by Crippen LogP contribution is -2.07. The number of nitrogens with one attached hydrogen (secondary N) is 1. The van der Waals surface area contributed by atoms with Crippen molar-refractivity contribution in [2.24, 2.45) is 5.10 Å². The number of aromatic nitrogens is 2. The molecule has 0 bridgehead atoms.